The zero-order chi connectivity index (χ0) is 23.0. The first kappa shape index (κ1) is 21.9. The predicted molar refractivity (Wildman–Crippen MR) is 103 cm³/mol. The summed E-state index contributed by atoms with van der Waals surface area (Å²) in [5.74, 6) is -0.845. The summed E-state index contributed by atoms with van der Waals surface area (Å²) in [5, 5.41) is 2.32. The van der Waals surface area contributed by atoms with Gasteiger partial charge in [0.2, 0.25) is 0 Å². The number of pyridine rings is 1. The highest BCUT2D eigenvalue weighted by Crippen LogP contribution is 2.34. The Morgan fingerprint density at radius 2 is 1.84 bits per heavy atom. The highest BCUT2D eigenvalue weighted by atomic mass is 19.4. The van der Waals surface area contributed by atoms with E-state index in [4.69, 9.17) is 5.73 Å². The lowest BCUT2D eigenvalue weighted by Crippen LogP contribution is -2.43. The molecule has 12 heteroatoms. The number of alkyl halides is 3. The molecule has 2 heterocycles. The standard InChI is InChI=1S/C19H18F3N5O4/c1-18(2)15(28)27(12-3-5-13(6-4-12)31-19(20,21)22)17(30)26(18)10-11-7-8-24-14(9-11)25-16(23)29/h3-9H,10H2,1-2H3,(H3,23,24,25,29). The van der Waals surface area contributed by atoms with E-state index in [-0.39, 0.29) is 18.1 Å². The number of urea groups is 2. The monoisotopic (exact) mass is 437 g/mol. The zero-order valence-corrected chi connectivity index (χ0v) is 16.4. The van der Waals surface area contributed by atoms with Crippen molar-refractivity contribution in [3.05, 3.63) is 48.2 Å². The summed E-state index contributed by atoms with van der Waals surface area (Å²) in [6, 6.07) is 6.07. The molecule has 0 saturated carbocycles. The maximum atomic E-state index is 13.0. The third-order valence-corrected chi connectivity index (χ3v) is 4.57. The van der Waals surface area contributed by atoms with Gasteiger partial charge >= 0.3 is 18.4 Å². The molecule has 0 radical (unpaired) electrons. The molecule has 164 valence electrons. The Hall–Kier alpha value is -3.83. The molecule has 1 fully saturated rings. The van der Waals surface area contributed by atoms with Crippen molar-refractivity contribution >= 4 is 29.5 Å². The lowest BCUT2D eigenvalue weighted by atomic mass is 10.0. The van der Waals surface area contributed by atoms with Crippen LogP contribution in [-0.4, -0.2) is 39.8 Å². The van der Waals surface area contributed by atoms with Crippen molar-refractivity contribution in [3.63, 3.8) is 0 Å². The third-order valence-electron chi connectivity index (χ3n) is 4.57. The van der Waals surface area contributed by atoms with E-state index < -0.39 is 35.6 Å². The highest BCUT2D eigenvalue weighted by Gasteiger charge is 2.51. The van der Waals surface area contributed by atoms with E-state index in [0.717, 1.165) is 17.0 Å². The van der Waals surface area contributed by atoms with Crippen LogP contribution in [0.5, 0.6) is 5.75 Å². The molecule has 0 aliphatic carbocycles. The van der Waals surface area contributed by atoms with Gasteiger partial charge in [-0.2, -0.15) is 0 Å². The number of aromatic nitrogens is 1. The summed E-state index contributed by atoms with van der Waals surface area (Å²) >= 11 is 0. The van der Waals surface area contributed by atoms with Crippen LogP contribution in [0, 0.1) is 0 Å². The number of hydrogen-bond donors (Lipinski definition) is 2. The highest BCUT2D eigenvalue weighted by molar-refractivity contribution is 6.22. The number of carbonyl (C=O) groups excluding carboxylic acids is 3. The zero-order valence-electron chi connectivity index (χ0n) is 16.4. The number of imide groups is 1. The van der Waals surface area contributed by atoms with Gasteiger partial charge in [-0.25, -0.2) is 19.5 Å². The van der Waals surface area contributed by atoms with Gasteiger partial charge in [0.05, 0.1) is 5.69 Å². The molecule has 5 amide bonds. The minimum atomic E-state index is -4.85. The van der Waals surface area contributed by atoms with Crippen molar-refractivity contribution in [1.82, 2.24) is 9.88 Å². The minimum absolute atomic E-state index is 0.0132. The number of benzene rings is 1. The number of nitrogens with one attached hydrogen (secondary N) is 1. The Balaban J connectivity index is 1.84. The normalized spacial score (nSPS) is 15.9. The largest absolute Gasteiger partial charge is 0.573 e. The first-order valence-electron chi connectivity index (χ1n) is 8.92. The molecular weight excluding hydrogens is 419 g/mol. The van der Waals surface area contributed by atoms with Crippen molar-refractivity contribution in [3.8, 4) is 5.75 Å². The number of primary amides is 1. The number of amides is 5. The number of rotatable bonds is 5. The van der Waals surface area contributed by atoms with Gasteiger partial charge in [-0.1, -0.05) is 0 Å². The van der Waals surface area contributed by atoms with Crippen molar-refractivity contribution in [2.45, 2.75) is 32.3 Å². The number of halogens is 3. The Morgan fingerprint density at radius 1 is 1.19 bits per heavy atom. The van der Waals surface area contributed by atoms with Crippen LogP contribution in [0.4, 0.5) is 34.3 Å². The molecular formula is C19H18F3N5O4. The maximum absolute atomic E-state index is 13.0. The van der Waals surface area contributed by atoms with Gasteiger partial charge < -0.3 is 15.4 Å². The van der Waals surface area contributed by atoms with Crippen molar-refractivity contribution in [2.75, 3.05) is 10.2 Å². The van der Waals surface area contributed by atoms with E-state index in [2.05, 4.69) is 15.0 Å². The van der Waals surface area contributed by atoms with Crippen molar-refractivity contribution in [2.24, 2.45) is 5.73 Å². The summed E-state index contributed by atoms with van der Waals surface area (Å²) in [4.78, 5) is 43.1. The molecule has 3 rings (SSSR count). The van der Waals surface area contributed by atoms with Gasteiger partial charge in [0, 0.05) is 12.7 Å². The summed E-state index contributed by atoms with van der Waals surface area (Å²) < 4.78 is 40.8. The number of anilines is 2. The van der Waals surface area contributed by atoms with Gasteiger partial charge in [0.1, 0.15) is 17.1 Å². The van der Waals surface area contributed by atoms with Crippen LogP contribution >= 0.6 is 0 Å². The van der Waals surface area contributed by atoms with E-state index >= 15 is 0 Å². The second-order valence-electron chi connectivity index (χ2n) is 7.15. The minimum Gasteiger partial charge on any atom is -0.406 e. The van der Waals surface area contributed by atoms with E-state index in [0.29, 0.717) is 5.56 Å². The number of nitrogens with two attached hydrogens (primary N) is 1. The summed E-state index contributed by atoms with van der Waals surface area (Å²) in [5.41, 5.74) is 4.51. The quantitative estimate of drug-likeness (QED) is 0.697. The van der Waals surface area contributed by atoms with E-state index in [1.54, 1.807) is 19.9 Å². The second-order valence-corrected chi connectivity index (χ2v) is 7.15. The average Bonchev–Trinajstić information content (AvgIpc) is 2.81. The Labute approximate surface area is 174 Å². The fraction of sp³-hybridized carbons (Fsp3) is 0.263. The van der Waals surface area contributed by atoms with Gasteiger partial charge in [0.15, 0.2) is 0 Å². The van der Waals surface area contributed by atoms with E-state index in [1.807, 2.05) is 0 Å². The summed E-state index contributed by atoms with van der Waals surface area (Å²) in [7, 11) is 0. The molecule has 0 atom stereocenters. The predicted octanol–water partition coefficient (Wildman–Crippen LogP) is 3.22. The fourth-order valence-corrected chi connectivity index (χ4v) is 3.08. The van der Waals surface area contributed by atoms with Crippen LogP contribution in [0.1, 0.15) is 19.4 Å². The average molecular weight is 437 g/mol. The molecule has 1 aliphatic heterocycles. The maximum Gasteiger partial charge on any atom is 0.573 e. The molecule has 0 spiro atoms. The topological polar surface area (TPSA) is 118 Å². The summed E-state index contributed by atoms with van der Waals surface area (Å²) in [6.07, 6.45) is -3.44. The Morgan fingerprint density at radius 3 is 2.42 bits per heavy atom. The first-order valence-corrected chi connectivity index (χ1v) is 8.92. The van der Waals surface area contributed by atoms with Gasteiger partial charge in [-0.05, 0) is 55.8 Å². The lowest BCUT2D eigenvalue weighted by molar-refractivity contribution is -0.274. The van der Waals surface area contributed by atoms with Gasteiger partial charge in [-0.3, -0.25) is 10.1 Å². The Bertz CT molecular complexity index is 1020. The van der Waals surface area contributed by atoms with Gasteiger partial charge in [0.25, 0.3) is 5.91 Å². The van der Waals surface area contributed by atoms with Crippen LogP contribution < -0.4 is 20.7 Å². The smallest absolute Gasteiger partial charge is 0.406 e. The van der Waals surface area contributed by atoms with Crippen LogP contribution in [-0.2, 0) is 11.3 Å². The molecule has 9 nitrogen and oxygen atoms in total. The number of nitrogens with zero attached hydrogens (tertiary/aromatic N) is 3. The lowest BCUT2D eigenvalue weighted by Gasteiger charge is -2.27. The molecule has 31 heavy (non-hydrogen) atoms. The molecule has 1 aromatic heterocycles. The van der Waals surface area contributed by atoms with Gasteiger partial charge in [-0.15, -0.1) is 13.2 Å². The number of hydrogen-bond acceptors (Lipinski definition) is 5. The van der Waals surface area contributed by atoms with Crippen molar-refractivity contribution in [1.29, 1.82) is 0 Å². The Kier molecular flexibility index (Phi) is 5.49. The van der Waals surface area contributed by atoms with Crippen LogP contribution in [0.3, 0.4) is 0 Å². The van der Waals surface area contributed by atoms with E-state index in [9.17, 15) is 27.6 Å². The molecule has 0 bridgehead atoms. The molecule has 3 N–H and O–H groups in total. The molecule has 1 aliphatic rings. The fourth-order valence-electron chi connectivity index (χ4n) is 3.08. The van der Waals surface area contributed by atoms with E-state index in [1.165, 1.54) is 29.3 Å². The first-order chi connectivity index (χ1) is 14.4. The number of ether oxygens (including phenoxy) is 1. The molecule has 1 saturated heterocycles. The molecule has 0 unspecified atom stereocenters. The molecule has 1 aromatic carbocycles. The molecule has 2 aromatic rings. The number of carbonyl (C=O) groups is 3. The summed E-state index contributed by atoms with van der Waals surface area (Å²) in [6.45, 7) is 3.12. The van der Waals surface area contributed by atoms with Crippen LogP contribution in [0.15, 0.2) is 42.6 Å². The van der Waals surface area contributed by atoms with Crippen LogP contribution in [0.2, 0.25) is 0 Å². The third kappa shape index (κ3) is 4.68. The van der Waals surface area contributed by atoms with Crippen LogP contribution in [0.25, 0.3) is 0 Å². The van der Waals surface area contributed by atoms with Crippen molar-refractivity contribution < 1.29 is 32.3 Å². The second kappa shape index (κ2) is 7.78. The SMILES string of the molecule is CC1(C)C(=O)N(c2ccc(OC(F)(F)F)cc2)C(=O)N1Cc1ccnc(NC(N)=O)c1.